The summed E-state index contributed by atoms with van der Waals surface area (Å²) in [6.45, 7) is 9.24. The Hall–Kier alpha value is -1.96. The SMILES string of the molecule is CCOc1ccsc1C(=O)NNC(=O)OCC12OCC3OC(C)(C)OC3C1OC(C)(C)O2. The van der Waals surface area contributed by atoms with Crippen LogP contribution in [0.1, 0.15) is 44.3 Å². The maximum atomic E-state index is 12.3. The second kappa shape index (κ2) is 8.43. The monoisotopic (exact) mass is 472 g/mol. The van der Waals surface area contributed by atoms with Crippen LogP contribution in [0.15, 0.2) is 11.4 Å². The summed E-state index contributed by atoms with van der Waals surface area (Å²) >= 11 is 1.19. The van der Waals surface area contributed by atoms with Crippen molar-refractivity contribution in [2.75, 3.05) is 19.8 Å². The lowest BCUT2D eigenvalue weighted by Crippen LogP contribution is -2.61. The van der Waals surface area contributed by atoms with Crippen molar-refractivity contribution in [1.82, 2.24) is 10.9 Å². The molecule has 11 nitrogen and oxygen atoms in total. The van der Waals surface area contributed by atoms with Gasteiger partial charge in [-0.1, -0.05) is 0 Å². The number of thiophene rings is 1. The minimum atomic E-state index is -1.37. The number of carbonyl (C=O) groups is 2. The van der Waals surface area contributed by atoms with E-state index in [1.54, 1.807) is 25.3 Å². The van der Waals surface area contributed by atoms with Crippen molar-refractivity contribution in [2.24, 2.45) is 0 Å². The lowest BCUT2D eigenvalue weighted by molar-refractivity contribution is -0.293. The van der Waals surface area contributed by atoms with Gasteiger partial charge in [-0.2, -0.15) is 0 Å². The number of carbonyl (C=O) groups excluding carboxylic acids is 2. The average molecular weight is 473 g/mol. The van der Waals surface area contributed by atoms with E-state index in [4.69, 9.17) is 33.2 Å². The van der Waals surface area contributed by atoms with E-state index in [1.807, 2.05) is 20.8 Å². The van der Waals surface area contributed by atoms with E-state index >= 15 is 0 Å². The summed E-state index contributed by atoms with van der Waals surface area (Å²) in [4.78, 5) is 24.9. The van der Waals surface area contributed by atoms with Gasteiger partial charge in [-0.05, 0) is 46.1 Å². The minimum absolute atomic E-state index is 0.185. The molecule has 3 aliphatic heterocycles. The topological polar surface area (TPSA) is 123 Å². The Labute approximate surface area is 189 Å². The van der Waals surface area contributed by atoms with Gasteiger partial charge >= 0.3 is 6.09 Å². The molecule has 2 amide bonds. The maximum Gasteiger partial charge on any atom is 0.426 e. The zero-order valence-corrected chi connectivity index (χ0v) is 19.4. The predicted octanol–water partition coefficient (Wildman–Crippen LogP) is 1.92. The largest absolute Gasteiger partial charge is 0.492 e. The van der Waals surface area contributed by atoms with Crippen LogP contribution in [0.3, 0.4) is 0 Å². The second-order valence-corrected chi connectivity index (χ2v) is 9.42. The van der Waals surface area contributed by atoms with Gasteiger partial charge < -0.3 is 33.2 Å². The van der Waals surface area contributed by atoms with Gasteiger partial charge in [0.2, 0.25) is 5.79 Å². The molecule has 178 valence electrons. The number of nitrogens with one attached hydrogen (secondary N) is 2. The smallest absolute Gasteiger partial charge is 0.426 e. The minimum Gasteiger partial charge on any atom is -0.492 e. The van der Waals surface area contributed by atoms with Crippen molar-refractivity contribution in [3.05, 3.63) is 16.3 Å². The van der Waals surface area contributed by atoms with Crippen molar-refractivity contribution in [1.29, 1.82) is 0 Å². The Morgan fingerprint density at radius 1 is 1.16 bits per heavy atom. The van der Waals surface area contributed by atoms with Crippen LogP contribution in [-0.2, 0) is 28.4 Å². The van der Waals surface area contributed by atoms with Crippen LogP contribution in [0.5, 0.6) is 5.75 Å². The molecule has 32 heavy (non-hydrogen) atoms. The molecule has 12 heteroatoms. The number of rotatable bonds is 5. The van der Waals surface area contributed by atoms with E-state index in [2.05, 4.69) is 10.9 Å². The Kier molecular flexibility index (Phi) is 6.11. The lowest BCUT2D eigenvalue weighted by Gasteiger charge is -2.40. The molecule has 4 heterocycles. The Morgan fingerprint density at radius 3 is 2.69 bits per heavy atom. The molecule has 2 N–H and O–H groups in total. The van der Waals surface area contributed by atoms with Gasteiger partial charge in [-0.25, -0.2) is 10.2 Å². The van der Waals surface area contributed by atoms with E-state index in [-0.39, 0.29) is 19.3 Å². The molecule has 0 radical (unpaired) electrons. The number of hydrogen-bond donors (Lipinski definition) is 2. The third-order valence-electron chi connectivity index (χ3n) is 5.09. The predicted molar refractivity (Wildman–Crippen MR) is 110 cm³/mol. The fraction of sp³-hybridized carbons (Fsp3) is 0.700. The number of ether oxygens (including phenoxy) is 7. The summed E-state index contributed by atoms with van der Waals surface area (Å²) in [7, 11) is 0. The van der Waals surface area contributed by atoms with Crippen LogP contribution in [-0.4, -0.2) is 67.5 Å². The lowest BCUT2D eigenvalue weighted by atomic mass is 9.97. The number of hydrazine groups is 1. The highest BCUT2D eigenvalue weighted by atomic mass is 32.1. The third kappa shape index (κ3) is 4.56. The first-order valence-electron chi connectivity index (χ1n) is 10.4. The highest BCUT2D eigenvalue weighted by Gasteiger charge is 2.66. The van der Waals surface area contributed by atoms with Crippen molar-refractivity contribution >= 4 is 23.3 Å². The average Bonchev–Trinajstić information content (AvgIpc) is 3.37. The quantitative estimate of drug-likeness (QED) is 0.619. The Bertz CT molecular complexity index is 873. The molecule has 3 saturated heterocycles. The molecule has 3 fully saturated rings. The Balaban J connectivity index is 1.36. The summed E-state index contributed by atoms with van der Waals surface area (Å²) in [6, 6.07) is 1.68. The molecule has 0 aromatic carbocycles. The molecule has 0 saturated carbocycles. The number of hydrogen-bond acceptors (Lipinski definition) is 10. The fourth-order valence-corrected chi connectivity index (χ4v) is 4.78. The van der Waals surface area contributed by atoms with Crippen LogP contribution in [0.2, 0.25) is 0 Å². The summed E-state index contributed by atoms with van der Waals surface area (Å²) in [5, 5.41) is 1.72. The van der Waals surface area contributed by atoms with Crippen molar-refractivity contribution in [3.8, 4) is 5.75 Å². The summed E-state index contributed by atoms with van der Waals surface area (Å²) in [5.41, 5.74) is 4.52. The van der Waals surface area contributed by atoms with Crippen LogP contribution in [0.25, 0.3) is 0 Å². The molecular weight excluding hydrogens is 444 g/mol. The van der Waals surface area contributed by atoms with Crippen LogP contribution in [0.4, 0.5) is 4.79 Å². The molecule has 0 bridgehead atoms. The van der Waals surface area contributed by atoms with Crippen LogP contribution < -0.4 is 15.6 Å². The Morgan fingerprint density at radius 2 is 1.94 bits per heavy atom. The standard InChI is InChI=1S/C20H28N2O9S/c1-6-25-11-7-8-32-14(11)16(23)21-22-17(24)26-10-20-15(30-19(4,5)31-20)13-12(9-27-20)28-18(2,3)29-13/h7-8,12-13,15H,6,9-10H2,1-5H3,(H,21,23)(H,22,24). The fourth-order valence-electron chi connectivity index (χ4n) is 4.05. The molecular formula is C20H28N2O9S. The third-order valence-corrected chi connectivity index (χ3v) is 5.99. The first-order chi connectivity index (χ1) is 15.0. The van der Waals surface area contributed by atoms with Gasteiger partial charge in [0.15, 0.2) is 18.2 Å². The molecule has 4 rings (SSSR count). The molecule has 0 spiro atoms. The molecule has 4 unspecified atom stereocenters. The van der Waals surface area contributed by atoms with Crippen molar-refractivity contribution in [3.63, 3.8) is 0 Å². The van der Waals surface area contributed by atoms with Gasteiger partial charge in [-0.3, -0.25) is 10.2 Å². The first-order valence-corrected chi connectivity index (χ1v) is 11.2. The highest BCUT2D eigenvalue weighted by Crippen LogP contribution is 2.47. The van der Waals surface area contributed by atoms with Gasteiger partial charge in [0, 0.05) is 0 Å². The molecule has 1 aromatic rings. The van der Waals surface area contributed by atoms with Gasteiger partial charge in [0.25, 0.3) is 5.91 Å². The number of amides is 2. The van der Waals surface area contributed by atoms with Gasteiger partial charge in [-0.15, -0.1) is 11.3 Å². The number of fused-ring (bicyclic) bond motifs is 3. The van der Waals surface area contributed by atoms with Crippen molar-refractivity contribution < 1.29 is 42.7 Å². The van der Waals surface area contributed by atoms with E-state index in [0.717, 1.165) is 0 Å². The van der Waals surface area contributed by atoms with E-state index < -0.39 is 41.6 Å². The second-order valence-electron chi connectivity index (χ2n) is 8.50. The molecule has 3 aliphatic rings. The van der Waals surface area contributed by atoms with E-state index in [1.165, 1.54) is 11.3 Å². The van der Waals surface area contributed by atoms with Crippen LogP contribution in [0, 0.1) is 0 Å². The normalized spacial score (nSPS) is 32.0. The molecule has 4 atom stereocenters. The van der Waals surface area contributed by atoms with Gasteiger partial charge in [0.1, 0.15) is 28.9 Å². The van der Waals surface area contributed by atoms with E-state index in [0.29, 0.717) is 17.2 Å². The summed E-state index contributed by atoms with van der Waals surface area (Å²) < 4.78 is 40.6. The summed E-state index contributed by atoms with van der Waals surface area (Å²) in [6.07, 6.45) is -2.36. The van der Waals surface area contributed by atoms with Crippen LogP contribution >= 0.6 is 11.3 Å². The highest BCUT2D eigenvalue weighted by molar-refractivity contribution is 7.12. The zero-order chi connectivity index (χ0) is 23.1. The van der Waals surface area contributed by atoms with Crippen molar-refractivity contribution in [2.45, 2.75) is 70.3 Å². The molecule has 0 aliphatic carbocycles. The first kappa shape index (κ1) is 23.2. The molecule has 1 aromatic heterocycles. The zero-order valence-electron chi connectivity index (χ0n) is 18.6. The maximum absolute atomic E-state index is 12.3. The summed E-state index contributed by atoms with van der Waals surface area (Å²) in [5.74, 6) is -3.23. The van der Waals surface area contributed by atoms with Gasteiger partial charge in [0.05, 0.1) is 13.2 Å². The van der Waals surface area contributed by atoms with E-state index in [9.17, 15) is 9.59 Å².